The first-order valence-corrected chi connectivity index (χ1v) is 8.90. The molecule has 26 heavy (non-hydrogen) atoms. The smallest absolute Gasteiger partial charge is 0.338 e. The molecule has 1 amide bonds. The molecule has 0 heterocycles. The van der Waals surface area contributed by atoms with Crippen molar-refractivity contribution in [2.75, 3.05) is 18.5 Å². The Morgan fingerprint density at radius 1 is 1.08 bits per heavy atom. The first-order chi connectivity index (χ1) is 12.5. The number of anilines is 1. The molecule has 0 aromatic heterocycles. The first-order valence-electron chi connectivity index (χ1n) is 8.14. The van der Waals surface area contributed by atoms with Crippen LogP contribution < -0.4 is 10.1 Å². The molecule has 0 aliphatic carbocycles. The van der Waals surface area contributed by atoms with E-state index in [4.69, 9.17) is 32.7 Å². The number of esters is 1. The van der Waals surface area contributed by atoms with Crippen LogP contribution >= 0.6 is 23.2 Å². The Kier molecular flexibility index (Phi) is 7.75. The van der Waals surface area contributed by atoms with Crippen LogP contribution in [0.4, 0.5) is 5.69 Å². The fourth-order valence-electron chi connectivity index (χ4n) is 2.12. The van der Waals surface area contributed by atoms with Crippen molar-refractivity contribution in [3.63, 3.8) is 0 Å². The van der Waals surface area contributed by atoms with Crippen molar-refractivity contribution in [2.45, 2.75) is 19.8 Å². The summed E-state index contributed by atoms with van der Waals surface area (Å²) in [5, 5.41) is 3.64. The molecular formula is C19H19Cl2NO4. The maximum Gasteiger partial charge on any atom is 0.338 e. The van der Waals surface area contributed by atoms with E-state index in [1.54, 1.807) is 43.3 Å². The molecule has 1 N–H and O–H groups in total. The molecule has 138 valence electrons. The minimum Gasteiger partial charge on any atom is -0.494 e. The highest BCUT2D eigenvalue weighted by Gasteiger charge is 2.11. The second-order valence-electron chi connectivity index (χ2n) is 5.37. The number of hydrogen-bond donors (Lipinski definition) is 1. The Hall–Kier alpha value is -2.24. The Labute approximate surface area is 162 Å². The third-order valence-electron chi connectivity index (χ3n) is 3.38. The zero-order valence-electron chi connectivity index (χ0n) is 14.3. The van der Waals surface area contributed by atoms with Gasteiger partial charge in [0.25, 0.3) is 0 Å². The number of hydrogen-bond acceptors (Lipinski definition) is 4. The zero-order chi connectivity index (χ0) is 18.9. The molecule has 0 aliphatic heterocycles. The molecule has 0 bridgehead atoms. The summed E-state index contributed by atoms with van der Waals surface area (Å²) in [4.78, 5) is 23.7. The topological polar surface area (TPSA) is 64.6 Å². The van der Waals surface area contributed by atoms with Crippen LogP contribution in [0.2, 0.25) is 10.0 Å². The second-order valence-corrected chi connectivity index (χ2v) is 6.21. The third-order valence-corrected chi connectivity index (χ3v) is 3.95. The van der Waals surface area contributed by atoms with Gasteiger partial charge < -0.3 is 14.8 Å². The van der Waals surface area contributed by atoms with Crippen LogP contribution in [-0.4, -0.2) is 25.1 Å². The summed E-state index contributed by atoms with van der Waals surface area (Å²) in [6.07, 6.45) is 0.830. The Morgan fingerprint density at radius 2 is 1.81 bits per heavy atom. The van der Waals surface area contributed by atoms with E-state index in [-0.39, 0.29) is 24.0 Å². The van der Waals surface area contributed by atoms with Gasteiger partial charge >= 0.3 is 5.97 Å². The van der Waals surface area contributed by atoms with Crippen LogP contribution in [0.3, 0.4) is 0 Å². The molecular weight excluding hydrogens is 377 g/mol. The largest absolute Gasteiger partial charge is 0.494 e. The summed E-state index contributed by atoms with van der Waals surface area (Å²) in [6, 6.07) is 11.6. The molecule has 0 aliphatic rings. The van der Waals surface area contributed by atoms with Crippen LogP contribution in [0.15, 0.2) is 42.5 Å². The van der Waals surface area contributed by atoms with Crippen molar-refractivity contribution in [1.82, 2.24) is 0 Å². The van der Waals surface area contributed by atoms with Gasteiger partial charge in [0.2, 0.25) is 5.91 Å². The minimum atomic E-state index is -0.452. The van der Waals surface area contributed by atoms with Gasteiger partial charge in [0.15, 0.2) is 0 Å². The summed E-state index contributed by atoms with van der Waals surface area (Å²) in [5.41, 5.74) is 0.787. The molecule has 7 heteroatoms. The molecule has 0 saturated heterocycles. The third kappa shape index (κ3) is 6.24. The molecule has 2 aromatic carbocycles. The van der Waals surface area contributed by atoms with Crippen LogP contribution in [0.1, 0.15) is 30.1 Å². The molecule has 0 saturated carbocycles. The molecule has 0 fully saturated rings. The van der Waals surface area contributed by atoms with Crippen LogP contribution in [0, 0.1) is 0 Å². The van der Waals surface area contributed by atoms with Gasteiger partial charge in [-0.3, -0.25) is 4.79 Å². The summed E-state index contributed by atoms with van der Waals surface area (Å²) >= 11 is 11.9. The number of rotatable bonds is 8. The predicted octanol–water partition coefficient (Wildman–Crippen LogP) is 4.97. The van der Waals surface area contributed by atoms with Crippen molar-refractivity contribution in [3.05, 3.63) is 58.1 Å². The Bertz CT molecular complexity index is 763. The van der Waals surface area contributed by atoms with E-state index in [0.29, 0.717) is 35.1 Å². The van der Waals surface area contributed by atoms with Gasteiger partial charge in [-0.2, -0.15) is 0 Å². The number of carbonyl (C=O) groups excluding carboxylic acids is 2. The lowest BCUT2D eigenvalue weighted by molar-refractivity contribution is -0.116. The number of benzene rings is 2. The van der Waals surface area contributed by atoms with E-state index in [1.165, 1.54) is 6.07 Å². The summed E-state index contributed by atoms with van der Waals surface area (Å²) in [5.74, 6) is 0.0644. The predicted molar refractivity (Wildman–Crippen MR) is 102 cm³/mol. The number of carbonyl (C=O) groups is 2. The molecule has 0 atom stereocenters. The van der Waals surface area contributed by atoms with Crippen molar-refractivity contribution >= 4 is 40.8 Å². The number of nitrogens with one attached hydrogen (secondary N) is 1. The Balaban J connectivity index is 1.78. The lowest BCUT2D eigenvalue weighted by Gasteiger charge is -2.09. The second kappa shape index (κ2) is 10.0. The van der Waals surface area contributed by atoms with Gasteiger partial charge in [-0.1, -0.05) is 23.2 Å². The summed E-state index contributed by atoms with van der Waals surface area (Å²) < 4.78 is 10.4. The molecule has 0 radical (unpaired) electrons. The van der Waals surface area contributed by atoms with Gasteiger partial charge in [-0.15, -0.1) is 0 Å². The van der Waals surface area contributed by atoms with Crippen molar-refractivity contribution < 1.29 is 19.1 Å². The molecule has 5 nitrogen and oxygen atoms in total. The lowest BCUT2D eigenvalue weighted by Crippen LogP contribution is -2.13. The maximum absolute atomic E-state index is 12.0. The van der Waals surface area contributed by atoms with Crippen LogP contribution in [0.5, 0.6) is 5.75 Å². The van der Waals surface area contributed by atoms with Gasteiger partial charge in [0.1, 0.15) is 5.75 Å². The van der Waals surface area contributed by atoms with Crippen LogP contribution in [0.25, 0.3) is 0 Å². The fourth-order valence-corrected chi connectivity index (χ4v) is 2.48. The van der Waals surface area contributed by atoms with E-state index in [9.17, 15) is 9.59 Å². The highest BCUT2D eigenvalue weighted by Crippen LogP contribution is 2.24. The number of amides is 1. The average Bonchev–Trinajstić information content (AvgIpc) is 2.62. The Morgan fingerprint density at radius 3 is 2.46 bits per heavy atom. The summed E-state index contributed by atoms with van der Waals surface area (Å²) in [6.45, 7) is 2.42. The van der Waals surface area contributed by atoms with E-state index >= 15 is 0 Å². The van der Waals surface area contributed by atoms with Crippen LogP contribution in [-0.2, 0) is 9.53 Å². The molecule has 2 rings (SSSR count). The molecule has 0 spiro atoms. The van der Waals surface area contributed by atoms with Crippen molar-refractivity contribution in [2.24, 2.45) is 0 Å². The summed E-state index contributed by atoms with van der Waals surface area (Å²) in [7, 11) is 0. The highest BCUT2D eigenvalue weighted by molar-refractivity contribution is 6.34. The maximum atomic E-state index is 12.0. The normalized spacial score (nSPS) is 10.3. The molecule has 2 aromatic rings. The monoisotopic (exact) mass is 395 g/mol. The van der Waals surface area contributed by atoms with E-state index in [1.807, 2.05) is 0 Å². The van der Waals surface area contributed by atoms with Gasteiger partial charge in [-0.05, 0) is 55.8 Å². The standard InChI is InChI=1S/C19H19Cl2NO4/c1-2-25-19(24)13-5-10-17(16(21)12-13)22-18(23)4-3-11-26-15-8-6-14(20)7-9-15/h5-10,12H,2-4,11H2,1H3,(H,22,23). The first kappa shape index (κ1) is 20.1. The number of halogens is 2. The van der Waals surface area contributed by atoms with E-state index < -0.39 is 5.97 Å². The SMILES string of the molecule is CCOC(=O)c1ccc(NC(=O)CCCOc2ccc(Cl)cc2)c(Cl)c1. The van der Waals surface area contributed by atoms with Crippen molar-refractivity contribution in [1.29, 1.82) is 0 Å². The lowest BCUT2D eigenvalue weighted by atomic mass is 10.2. The van der Waals surface area contributed by atoms with Gasteiger partial charge in [0.05, 0.1) is 29.5 Å². The van der Waals surface area contributed by atoms with Gasteiger partial charge in [-0.25, -0.2) is 4.79 Å². The van der Waals surface area contributed by atoms with E-state index in [2.05, 4.69) is 5.32 Å². The average molecular weight is 396 g/mol. The zero-order valence-corrected chi connectivity index (χ0v) is 15.8. The minimum absolute atomic E-state index is 0.185. The highest BCUT2D eigenvalue weighted by atomic mass is 35.5. The van der Waals surface area contributed by atoms with E-state index in [0.717, 1.165) is 0 Å². The van der Waals surface area contributed by atoms with Crippen molar-refractivity contribution in [3.8, 4) is 5.75 Å². The quantitative estimate of drug-likeness (QED) is 0.506. The molecule has 0 unspecified atom stereocenters. The van der Waals surface area contributed by atoms with Gasteiger partial charge in [0, 0.05) is 11.4 Å². The fraction of sp³-hybridized carbons (Fsp3) is 0.263. The number of ether oxygens (including phenoxy) is 2.